The zero-order valence-electron chi connectivity index (χ0n) is 14.5. The summed E-state index contributed by atoms with van der Waals surface area (Å²) in [5, 5.41) is 15.9. The number of benzene rings is 1. The molecule has 3 N–H and O–H groups in total. The third-order valence-electron chi connectivity index (χ3n) is 4.09. The average Bonchev–Trinajstić information content (AvgIpc) is 2.59. The molecule has 130 valence electrons. The van der Waals surface area contributed by atoms with Crippen LogP contribution in [-0.2, 0) is 17.8 Å². The number of allylic oxidation sites excluding steroid dienone is 1. The lowest BCUT2D eigenvalue weighted by molar-refractivity contribution is -0.117. The summed E-state index contributed by atoms with van der Waals surface area (Å²) in [5.41, 5.74) is 3.26. The van der Waals surface area contributed by atoms with Crippen molar-refractivity contribution in [2.75, 3.05) is 26.7 Å². The predicted octanol–water partition coefficient (Wildman–Crippen LogP) is 1.20. The van der Waals surface area contributed by atoms with Crippen molar-refractivity contribution in [1.82, 2.24) is 15.5 Å². The van der Waals surface area contributed by atoms with E-state index < -0.39 is 6.10 Å². The van der Waals surface area contributed by atoms with E-state index >= 15 is 0 Å². The van der Waals surface area contributed by atoms with E-state index in [1.165, 1.54) is 11.1 Å². The van der Waals surface area contributed by atoms with Crippen LogP contribution in [0.15, 0.2) is 48.2 Å². The Hall–Kier alpha value is -2.11. The second-order valence-electron chi connectivity index (χ2n) is 6.01. The minimum Gasteiger partial charge on any atom is -0.393 e. The molecule has 0 radical (unpaired) electrons. The maximum Gasteiger partial charge on any atom is 0.252 e. The lowest BCUT2D eigenvalue weighted by Crippen LogP contribution is -2.42. The van der Waals surface area contributed by atoms with E-state index in [0.29, 0.717) is 12.1 Å². The van der Waals surface area contributed by atoms with Crippen LogP contribution in [0.25, 0.3) is 0 Å². The van der Waals surface area contributed by atoms with Crippen molar-refractivity contribution in [3.8, 4) is 0 Å². The summed E-state index contributed by atoms with van der Waals surface area (Å²) >= 11 is 0. The lowest BCUT2D eigenvalue weighted by Gasteiger charge is -2.30. The van der Waals surface area contributed by atoms with E-state index in [0.717, 1.165) is 19.5 Å². The van der Waals surface area contributed by atoms with E-state index in [1.807, 2.05) is 13.0 Å². The number of aliphatic hydroxyl groups is 1. The Morgan fingerprint density at radius 3 is 2.83 bits per heavy atom. The standard InChI is InChI=1S/C19H27N3O2/c1-3-6-16(11-20-2)19(24)21-12-18(23)14-22-10-9-15-7-4-5-8-17(15)13-22/h3-8,11,18,20,23H,9-10,12-14H2,1-2H3,(H,21,24)/b6-3-,16-11+/t18-/m1/s1. The molecule has 24 heavy (non-hydrogen) atoms. The number of aliphatic hydroxyl groups excluding tert-OH is 1. The van der Waals surface area contributed by atoms with Gasteiger partial charge >= 0.3 is 0 Å². The van der Waals surface area contributed by atoms with Gasteiger partial charge in [-0.05, 0) is 24.5 Å². The van der Waals surface area contributed by atoms with Crippen LogP contribution in [0.4, 0.5) is 0 Å². The molecule has 0 aliphatic carbocycles. The molecule has 1 amide bonds. The van der Waals surface area contributed by atoms with Crippen LogP contribution in [0, 0.1) is 0 Å². The normalized spacial score (nSPS) is 16.7. The number of β-amino-alcohol motifs (C(OH)–C–C–N with tert-alkyl or cyclic N) is 1. The van der Waals surface area contributed by atoms with E-state index in [1.54, 1.807) is 19.3 Å². The first-order chi connectivity index (χ1) is 11.6. The molecule has 0 spiro atoms. The van der Waals surface area contributed by atoms with Gasteiger partial charge in [-0.1, -0.05) is 36.4 Å². The fourth-order valence-electron chi connectivity index (χ4n) is 2.91. The molecule has 0 fully saturated rings. The summed E-state index contributed by atoms with van der Waals surface area (Å²) in [7, 11) is 1.75. The summed E-state index contributed by atoms with van der Waals surface area (Å²) in [6.45, 7) is 4.45. The van der Waals surface area contributed by atoms with Gasteiger partial charge in [0.25, 0.3) is 5.91 Å². The Bertz CT molecular complexity index is 610. The first-order valence-electron chi connectivity index (χ1n) is 8.39. The molecule has 0 saturated carbocycles. The van der Waals surface area contributed by atoms with Crippen molar-refractivity contribution in [2.45, 2.75) is 26.0 Å². The van der Waals surface area contributed by atoms with Gasteiger partial charge in [0.05, 0.1) is 11.7 Å². The van der Waals surface area contributed by atoms with Crippen molar-refractivity contribution in [3.63, 3.8) is 0 Å². The number of carbonyl (C=O) groups excluding carboxylic acids is 1. The van der Waals surface area contributed by atoms with Gasteiger partial charge in [-0.2, -0.15) is 0 Å². The summed E-state index contributed by atoms with van der Waals surface area (Å²) in [4.78, 5) is 14.3. The Morgan fingerprint density at radius 2 is 2.12 bits per heavy atom. The molecule has 0 aromatic heterocycles. The van der Waals surface area contributed by atoms with Gasteiger partial charge in [-0.3, -0.25) is 9.69 Å². The van der Waals surface area contributed by atoms with E-state index in [9.17, 15) is 9.90 Å². The van der Waals surface area contributed by atoms with Gasteiger partial charge in [0.15, 0.2) is 0 Å². The molecule has 5 nitrogen and oxygen atoms in total. The summed E-state index contributed by atoms with van der Waals surface area (Å²) in [6.07, 6.45) is 5.61. The highest BCUT2D eigenvalue weighted by Crippen LogP contribution is 2.18. The Morgan fingerprint density at radius 1 is 1.38 bits per heavy atom. The predicted molar refractivity (Wildman–Crippen MR) is 96.4 cm³/mol. The Labute approximate surface area is 144 Å². The Balaban J connectivity index is 1.80. The lowest BCUT2D eigenvalue weighted by atomic mass is 10.00. The molecule has 1 heterocycles. The smallest absolute Gasteiger partial charge is 0.252 e. The van der Waals surface area contributed by atoms with Gasteiger partial charge in [-0.25, -0.2) is 0 Å². The maximum atomic E-state index is 12.1. The fraction of sp³-hybridized carbons (Fsp3) is 0.421. The van der Waals surface area contributed by atoms with Crippen molar-refractivity contribution in [2.24, 2.45) is 0 Å². The molecule has 1 atom stereocenters. The summed E-state index contributed by atoms with van der Waals surface area (Å²) < 4.78 is 0. The minimum atomic E-state index is -0.583. The fourth-order valence-corrected chi connectivity index (χ4v) is 2.91. The van der Waals surface area contributed by atoms with Gasteiger partial charge < -0.3 is 15.7 Å². The average molecular weight is 329 g/mol. The molecule has 0 saturated heterocycles. The monoisotopic (exact) mass is 329 g/mol. The van der Waals surface area contributed by atoms with Gasteiger partial charge in [-0.15, -0.1) is 0 Å². The zero-order chi connectivity index (χ0) is 17.4. The maximum absolute atomic E-state index is 12.1. The molecule has 0 bridgehead atoms. The van der Waals surface area contributed by atoms with Crippen LogP contribution in [0.3, 0.4) is 0 Å². The minimum absolute atomic E-state index is 0.189. The molecular formula is C19H27N3O2. The number of hydrogen-bond donors (Lipinski definition) is 3. The highest BCUT2D eigenvalue weighted by molar-refractivity contribution is 5.96. The number of nitrogens with one attached hydrogen (secondary N) is 2. The van der Waals surface area contributed by atoms with E-state index in [-0.39, 0.29) is 12.5 Å². The molecule has 1 aromatic carbocycles. The third-order valence-corrected chi connectivity index (χ3v) is 4.09. The third kappa shape index (κ3) is 5.22. The van der Waals surface area contributed by atoms with Gasteiger partial charge in [0.2, 0.25) is 0 Å². The van der Waals surface area contributed by atoms with Crippen LogP contribution in [0.1, 0.15) is 18.1 Å². The number of hydrogen-bond acceptors (Lipinski definition) is 4. The second-order valence-corrected chi connectivity index (χ2v) is 6.01. The quantitative estimate of drug-likeness (QED) is 0.520. The highest BCUT2D eigenvalue weighted by atomic mass is 16.3. The molecule has 2 rings (SSSR count). The molecular weight excluding hydrogens is 302 g/mol. The molecule has 1 aliphatic heterocycles. The zero-order valence-corrected chi connectivity index (χ0v) is 14.5. The topological polar surface area (TPSA) is 64.6 Å². The van der Waals surface area contributed by atoms with E-state index in [4.69, 9.17) is 0 Å². The number of amides is 1. The highest BCUT2D eigenvalue weighted by Gasteiger charge is 2.18. The van der Waals surface area contributed by atoms with Crippen LogP contribution in [-0.4, -0.2) is 48.7 Å². The number of carbonyl (C=O) groups is 1. The molecule has 1 aliphatic rings. The van der Waals surface area contributed by atoms with Crippen LogP contribution in [0.5, 0.6) is 0 Å². The molecule has 0 unspecified atom stereocenters. The van der Waals surface area contributed by atoms with Gasteiger partial charge in [0, 0.05) is 39.4 Å². The Kier molecular flexibility index (Phi) is 7.03. The number of fused-ring (bicyclic) bond motifs is 1. The second kappa shape index (κ2) is 9.25. The summed E-state index contributed by atoms with van der Waals surface area (Å²) in [5.74, 6) is -0.189. The van der Waals surface area contributed by atoms with Gasteiger partial charge in [0.1, 0.15) is 0 Å². The van der Waals surface area contributed by atoms with E-state index in [2.05, 4.69) is 39.8 Å². The summed E-state index contributed by atoms with van der Waals surface area (Å²) in [6, 6.07) is 8.43. The van der Waals surface area contributed by atoms with Crippen molar-refractivity contribution < 1.29 is 9.90 Å². The van der Waals surface area contributed by atoms with Crippen molar-refractivity contribution >= 4 is 5.91 Å². The van der Waals surface area contributed by atoms with Crippen LogP contribution in [0.2, 0.25) is 0 Å². The number of rotatable bonds is 7. The van der Waals surface area contributed by atoms with Crippen LogP contribution >= 0.6 is 0 Å². The first kappa shape index (κ1) is 18.2. The molecule has 5 heteroatoms. The van der Waals surface area contributed by atoms with Crippen molar-refractivity contribution in [1.29, 1.82) is 0 Å². The first-order valence-corrected chi connectivity index (χ1v) is 8.39. The largest absolute Gasteiger partial charge is 0.393 e. The number of nitrogens with zero attached hydrogens (tertiary/aromatic N) is 1. The SMILES string of the molecule is C/C=C\C(=C/NC)C(=O)NC[C@@H](O)CN1CCc2ccccc2C1. The van der Waals surface area contributed by atoms with Crippen molar-refractivity contribution in [3.05, 3.63) is 59.3 Å². The van der Waals surface area contributed by atoms with Crippen LogP contribution < -0.4 is 10.6 Å². The molecule has 1 aromatic rings.